The number of aromatic nitrogens is 2. The predicted octanol–water partition coefficient (Wildman–Crippen LogP) is 2.62. The van der Waals surface area contributed by atoms with Crippen molar-refractivity contribution in [3.8, 4) is 0 Å². The van der Waals surface area contributed by atoms with Crippen molar-refractivity contribution >= 4 is 0 Å². The van der Waals surface area contributed by atoms with E-state index >= 15 is 0 Å². The Morgan fingerprint density at radius 1 is 1.28 bits per heavy atom. The minimum absolute atomic E-state index is 0.487. The number of benzene rings is 1. The molecule has 0 fully saturated rings. The summed E-state index contributed by atoms with van der Waals surface area (Å²) in [6, 6.07) is 6.35. The second-order valence-corrected chi connectivity index (χ2v) is 4.96. The second kappa shape index (κ2) is 4.94. The number of aryl methyl sites for hydroxylation is 3. The number of hydrogen-bond donors (Lipinski definition) is 1. The average molecular weight is 244 g/mol. The summed E-state index contributed by atoms with van der Waals surface area (Å²) in [7, 11) is 1.89. The Morgan fingerprint density at radius 3 is 2.61 bits per heavy atom. The third-order valence-electron chi connectivity index (χ3n) is 3.55. The first-order valence-electron chi connectivity index (χ1n) is 6.21. The molecule has 3 nitrogen and oxygen atoms in total. The normalized spacial score (nSPS) is 12.7. The van der Waals surface area contributed by atoms with Crippen LogP contribution in [0.4, 0.5) is 0 Å². The molecule has 2 aromatic rings. The molecule has 1 aromatic heterocycles. The van der Waals surface area contributed by atoms with Gasteiger partial charge in [0, 0.05) is 24.7 Å². The van der Waals surface area contributed by atoms with E-state index in [0.29, 0.717) is 6.42 Å². The summed E-state index contributed by atoms with van der Waals surface area (Å²) in [5.74, 6) is 0. The second-order valence-electron chi connectivity index (χ2n) is 4.96. The fourth-order valence-corrected chi connectivity index (χ4v) is 2.18. The third kappa shape index (κ3) is 2.46. The molecule has 1 heterocycles. The Hall–Kier alpha value is -1.61. The highest BCUT2D eigenvalue weighted by atomic mass is 16.3. The molecule has 0 saturated carbocycles. The van der Waals surface area contributed by atoms with Gasteiger partial charge in [-0.25, -0.2) is 0 Å². The molecule has 3 heteroatoms. The first kappa shape index (κ1) is 12.8. The van der Waals surface area contributed by atoms with Crippen molar-refractivity contribution in [2.75, 3.05) is 0 Å². The fraction of sp³-hybridized carbons (Fsp3) is 0.400. The van der Waals surface area contributed by atoms with Gasteiger partial charge in [0.25, 0.3) is 0 Å². The van der Waals surface area contributed by atoms with Crippen molar-refractivity contribution < 1.29 is 5.11 Å². The van der Waals surface area contributed by atoms with E-state index in [1.54, 1.807) is 10.9 Å². The van der Waals surface area contributed by atoms with Crippen LogP contribution in [0.1, 0.15) is 34.1 Å². The van der Waals surface area contributed by atoms with E-state index in [4.69, 9.17) is 0 Å². The van der Waals surface area contributed by atoms with E-state index in [9.17, 15) is 5.11 Å². The Bertz CT molecular complexity index is 558. The Kier molecular flexibility index (Phi) is 3.53. The molecule has 0 saturated heterocycles. The van der Waals surface area contributed by atoms with Gasteiger partial charge in [0.15, 0.2) is 0 Å². The van der Waals surface area contributed by atoms with Crippen molar-refractivity contribution in [2.24, 2.45) is 7.05 Å². The molecule has 0 bridgehead atoms. The molecule has 0 aliphatic rings. The van der Waals surface area contributed by atoms with Crippen molar-refractivity contribution in [3.05, 3.63) is 52.3 Å². The monoisotopic (exact) mass is 244 g/mol. The Morgan fingerprint density at radius 2 is 2.00 bits per heavy atom. The van der Waals surface area contributed by atoms with Gasteiger partial charge in [0.1, 0.15) is 0 Å². The maximum absolute atomic E-state index is 10.3. The Balaban J connectivity index is 2.23. The van der Waals surface area contributed by atoms with Crippen LogP contribution in [-0.4, -0.2) is 14.9 Å². The topological polar surface area (TPSA) is 38.1 Å². The lowest BCUT2D eigenvalue weighted by molar-refractivity contribution is 0.177. The van der Waals surface area contributed by atoms with Gasteiger partial charge in [-0.1, -0.05) is 23.8 Å². The van der Waals surface area contributed by atoms with Crippen LogP contribution in [0, 0.1) is 20.8 Å². The van der Waals surface area contributed by atoms with Crippen LogP contribution in [0.5, 0.6) is 0 Å². The van der Waals surface area contributed by atoms with Gasteiger partial charge >= 0.3 is 0 Å². The smallest absolute Gasteiger partial charge is 0.0863 e. The number of hydrogen-bond acceptors (Lipinski definition) is 2. The summed E-state index contributed by atoms with van der Waals surface area (Å²) in [6.45, 7) is 6.14. The number of aliphatic hydroxyl groups excluding tert-OH is 1. The highest BCUT2D eigenvalue weighted by molar-refractivity contribution is 5.32. The summed E-state index contributed by atoms with van der Waals surface area (Å²) < 4.78 is 1.79. The molecular weight excluding hydrogens is 224 g/mol. The fourth-order valence-electron chi connectivity index (χ4n) is 2.18. The standard InChI is InChI=1S/C15H20N2O/c1-10-5-6-11(2)13(7-10)8-15(18)14-9-16-17(4)12(14)3/h5-7,9,15,18H,8H2,1-4H3. The molecule has 1 atom stereocenters. The van der Waals surface area contributed by atoms with Crippen molar-refractivity contribution in [1.29, 1.82) is 0 Å². The van der Waals surface area contributed by atoms with Gasteiger partial charge in [-0.2, -0.15) is 5.10 Å². The minimum atomic E-state index is -0.487. The average Bonchev–Trinajstić information content (AvgIpc) is 2.65. The molecular formula is C15H20N2O. The molecule has 1 N–H and O–H groups in total. The van der Waals surface area contributed by atoms with Crippen molar-refractivity contribution in [3.63, 3.8) is 0 Å². The van der Waals surface area contributed by atoms with Gasteiger partial charge in [0.2, 0.25) is 0 Å². The van der Waals surface area contributed by atoms with Crippen LogP contribution in [0.25, 0.3) is 0 Å². The zero-order chi connectivity index (χ0) is 13.3. The largest absolute Gasteiger partial charge is 0.388 e. The van der Waals surface area contributed by atoms with E-state index in [2.05, 4.69) is 37.1 Å². The Labute approximate surface area is 108 Å². The van der Waals surface area contributed by atoms with Crippen LogP contribution in [0.3, 0.4) is 0 Å². The van der Waals surface area contributed by atoms with Gasteiger partial charge in [-0.3, -0.25) is 4.68 Å². The summed E-state index contributed by atoms with van der Waals surface area (Å²) in [5.41, 5.74) is 5.59. The van der Waals surface area contributed by atoms with Crippen LogP contribution >= 0.6 is 0 Å². The van der Waals surface area contributed by atoms with Gasteiger partial charge in [-0.05, 0) is 31.9 Å². The maximum atomic E-state index is 10.3. The van der Waals surface area contributed by atoms with E-state index in [-0.39, 0.29) is 0 Å². The highest BCUT2D eigenvalue weighted by Crippen LogP contribution is 2.23. The molecule has 1 aromatic carbocycles. The lowest BCUT2D eigenvalue weighted by Crippen LogP contribution is -2.05. The van der Waals surface area contributed by atoms with Gasteiger partial charge in [0.05, 0.1) is 12.3 Å². The van der Waals surface area contributed by atoms with E-state index in [1.165, 1.54) is 16.7 Å². The SMILES string of the molecule is Cc1ccc(C)c(CC(O)c2cnn(C)c2C)c1. The van der Waals surface area contributed by atoms with Gasteiger partial charge in [-0.15, -0.1) is 0 Å². The van der Waals surface area contributed by atoms with Crippen molar-refractivity contribution in [1.82, 2.24) is 9.78 Å². The molecule has 1 unspecified atom stereocenters. The molecule has 96 valence electrons. The molecule has 0 aliphatic heterocycles. The van der Waals surface area contributed by atoms with Gasteiger partial charge < -0.3 is 5.11 Å². The summed E-state index contributed by atoms with van der Waals surface area (Å²) in [6.07, 6.45) is 1.91. The van der Waals surface area contributed by atoms with E-state index in [1.807, 2.05) is 14.0 Å². The lowest BCUT2D eigenvalue weighted by atomic mass is 9.97. The maximum Gasteiger partial charge on any atom is 0.0863 e. The number of aliphatic hydroxyl groups is 1. The molecule has 2 rings (SSSR count). The third-order valence-corrected chi connectivity index (χ3v) is 3.55. The first-order valence-corrected chi connectivity index (χ1v) is 6.21. The molecule has 0 amide bonds. The molecule has 0 spiro atoms. The quantitative estimate of drug-likeness (QED) is 0.901. The molecule has 0 radical (unpaired) electrons. The summed E-state index contributed by atoms with van der Waals surface area (Å²) in [5, 5.41) is 14.5. The highest BCUT2D eigenvalue weighted by Gasteiger charge is 2.15. The van der Waals surface area contributed by atoms with Crippen LogP contribution in [0.15, 0.2) is 24.4 Å². The summed E-state index contributed by atoms with van der Waals surface area (Å²) in [4.78, 5) is 0. The van der Waals surface area contributed by atoms with Crippen molar-refractivity contribution in [2.45, 2.75) is 33.3 Å². The predicted molar refractivity (Wildman–Crippen MR) is 72.5 cm³/mol. The zero-order valence-electron chi connectivity index (χ0n) is 11.4. The molecule has 18 heavy (non-hydrogen) atoms. The van der Waals surface area contributed by atoms with E-state index in [0.717, 1.165) is 11.3 Å². The summed E-state index contributed by atoms with van der Waals surface area (Å²) >= 11 is 0. The minimum Gasteiger partial charge on any atom is -0.388 e. The van der Waals surface area contributed by atoms with Crippen LogP contribution in [0.2, 0.25) is 0 Å². The number of nitrogens with zero attached hydrogens (tertiary/aromatic N) is 2. The first-order chi connectivity index (χ1) is 8.49. The zero-order valence-corrected chi connectivity index (χ0v) is 11.4. The van der Waals surface area contributed by atoms with Crippen LogP contribution in [-0.2, 0) is 13.5 Å². The molecule has 0 aliphatic carbocycles. The number of rotatable bonds is 3. The van der Waals surface area contributed by atoms with Crippen LogP contribution < -0.4 is 0 Å². The lowest BCUT2D eigenvalue weighted by Gasteiger charge is -2.13. The van der Waals surface area contributed by atoms with E-state index < -0.39 is 6.10 Å².